The SMILES string of the molecule is CCOC(=O)[C@@H]1[C@@H](c2cccc(O)c2)NC(=S)N[C@@]1(O)C(F)(F)F. The van der Waals surface area contributed by atoms with Gasteiger partial charge in [0.15, 0.2) is 5.11 Å². The Morgan fingerprint density at radius 1 is 1.46 bits per heavy atom. The first-order valence-corrected chi connectivity index (χ1v) is 7.34. The smallest absolute Gasteiger partial charge is 0.437 e. The summed E-state index contributed by atoms with van der Waals surface area (Å²) in [5, 5.41) is 23.5. The number of hydrogen-bond acceptors (Lipinski definition) is 5. The molecule has 2 rings (SSSR count). The molecule has 0 spiro atoms. The second-order valence-corrected chi connectivity index (χ2v) is 5.57. The van der Waals surface area contributed by atoms with Crippen LogP contribution >= 0.6 is 12.2 Å². The molecular formula is C14H15F3N2O4S. The summed E-state index contributed by atoms with van der Waals surface area (Å²) in [4.78, 5) is 12.2. The molecule has 1 fully saturated rings. The van der Waals surface area contributed by atoms with Crippen LogP contribution in [0.2, 0.25) is 0 Å². The molecule has 3 atom stereocenters. The Morgan fingerprint density at radius 2 is 2.12 bits per heavy atom. The number of thiocarbonyl (C=S) groups is 1. The first-order valence-electron chi connectivity index (χ1n) is 6.93. The van der Waals surface area contributed by atoms with Gasteiger partial charge in [-0.15, -0.1) is 0 Å². The van der Waals surface area contributed by atoms with Crippen LogP contribution < -0.4 is 10.6 Å². The lowest BCUT2D eigenvalue weighted by atomic mass is 9.82. The van der Waals surface area contributed by atoms with Gasteiger partial charge in [-0.1, -0.05) is 12.1 Å². The lowest BCUT2D eigenvalue weighted by Crippen LogP contribution is -2.73. The third kappa shape index (κ3) is 3.24. The minimum absolute atomic E-state index is 0.138. The van der Waals surface area contributed by atoms with Gasteiger partial charge in [0.1, 0.15) is 11.7 Å². The Balaban J connectivity index is 2.57. The predicted molar refractivity (Wildman–Crippen MR) is 80.8 cm³/mol. The Bertz CT molecular complexity index is 655. The van der Waals surface area contributed by atoms with E-state index in [1.165, 1.54) is 31.2 Å². The Hall–Kier alpha value is -2.07. The Kier molecular flexibility index (Phi) is 4.90. The van der Waals surface area contributed by atoms with Gasteiger partial charge >= 0.3 is 12.1 Å². The van der Waals surface area contributed by atoms with Crippen LogP contribution in [0.3, 0.4) is 0 Å². The van der Waals surface area contributed by atoms with Gasteiger partial charge in [-0.25, -0.2) is 0 Å². The van der Waals surface area contributed by atoms with Crippen molar-refractivity contribution in [3.05, 3.63) is 29.8 Å². The molecule has 1 aliphatic heterocycles. The van der Waals surface area contributed by atoms with Crippen LogP contribution in [-0.4, -0.2) is 39.8 Å². The van der Waals surface area contributed by atoms with Crippen molar-refractivity contribution >= 4 is 23.3 Å². The van der Waals surface area contributed by atoms with Crippen LogP contribution in [-0.2, 0) is 9.53 Å². The van der Waals surface area contributed by atoms with Crippen LogP contribution in [0.1, 0.15) is 18.5 Å². The van der Waals surface area contributed by atoms with Gasteiger partial charge in [0.2, 0.25) is 0 Å². The summed E-state index contributed by atoms with van der Waals surface area (Å²) in [5.74, 6) is -3.55. The highest BCUT2D eigenvalue weighted by atomic mass is 32.1. The molecule has 1 aromatic rings. The number of alkyl halides is 3. The fourth-order valence-corrected chi connectivity index (χ4v) is 2.82. The average Bonchev–Trinajstić information content (AvgIpc) is 2.45. The van der Waals surface area contributed by atoms with Crippen LogP contribution in [0, 0.1) is 5.92 Å². The highest BCUT2D eigenvalue weighted by Crippen LogP contribution is 2.43. The number of phenolic OH excluding ortho intramolecular Hbond substituents is 1. The molecule has 1 aromatic carbocycles. The summed E-state index contributed by atoms with van der Waals surface area (Å²) in [7, 11) is 0. The van der Waals surface area contributed by atoms with E-state index in [-0.39, 0.29) is 17.9 Å². The van der Waals surface area contributed by atoms with E-state index in [1.54, 1.807) is 5.32 Å². The van der Waals surface area contributed by atoms with Gasteiger partial charge < -0.3 is 25.6 Å². The molecule has 0 amide bonds. The van der Waals surface area contributed by atoms with E-state index in [9.17, 15) is 28.2 Å². The van der Waals surface area contributed by atoms with E-state index >= 15 is 0 Å². The number of carbonyl (C=O) groups excluding carboxylic acids is 1. The molecule has 132 valence electrons. The molecule has 1 heterocycles. The lowest BCUT2D eigenvalue weighted by molar-refractivity contribution is -0.292. The number of ether oxygens (including phenoxy) is 1. The second kappa shape index (κ2) is 6.44. The Labute approximate surface area is 140 Å². The van der Waals surface area contributed by atoms with Gasteiger partial charge in [-0.05, 0) is 36.8 Å². The molecular weight excluding hydrogens is 349 g/mol. The fourth-order valence-electron chi connectivity index (χ4n) is 2.53. The van der Waals surface area contributed by atoms with Crippen LogP contribution in [0.15, 0.2) is 24.3 Å². The Morgan fingerprint density at radius 3 is 2.67 bits per heavy atom. The number of carbonyl (C=O) groups is 1. The topological polar surface area (TPSA) is 90.8 Å². The molecule has 0 aromatic heterocycles. The van der Waals surface area contributed by atoms with Crippen LogP contribution in [0.5, 0.6) is 5.75 Å². The summed E-state index contributed by atoms with van der Waals surface area (Å²) >= 11 is 4.74. The minimum atomic E-state index is -5.20. The molecule has 0 saturated carbocycles. The third-order valence-corrected chi connectivity index (χ3v) is 3.80. The molecule has 1 aliphatic rings. The zero-order chi connectivity index (χ0) is 18.1. The summed E-state index contributed by atoms with van der Waals surface area (Å²) in [6.45, 7) is 1.27. The van der Waals surface area contributed by atoms with Gasteiger partial charge in [0, 0.05) is 0 Å². The van der Waals surface area contributed by atoms with Crippen molar-refractivity contribution in [1.29, 1.82) is 0 Å². The van der Waals surface area contributed by atoms with Crippen LogP contribution in [0.4, 0.5) is 13.2 Å². The van der Waals surface area contributed by atoms with Crippen molar-refractivity contribution in [2.45, 2.75) is 24.9 Å². The molecule has 6 nitrogen and oxygen atoms in total. The number of halogens is 3. The van der Waals surface area contributed by atoms with E-state index in [0.29, 0.717) is 0 Å². The van der Waals surface area contributed by atoms with Crippen molar-refractivity contribution < 1.29 is 32.9 Å². The average molecular weight is 364 g/mol. The number of benzene rings is 1. The minimum Gasteiger partial charge on any atom is -0.508 e. The first kappa shape index (κ1) is 18.3. The highest BCUT2D eigenvalue weighted by Gasteiger charge is 2.66. The summed E-state index contributed by atoms with van der Waals surface area (Å²) < 4.78 is 45.1. The number of esters is 1. The third-order valence-electron chi connectivity index (χ3n) is 3.58. The number of rotatable bonds is 3. The summed E-state index contributed by atoms with van der Waals surface area (Å²) in [6.07, 6.45) is -5.20. The van der Waals surface area contributed by atoms with Gasteiger partial charge in [0.25, 0.3) is 5.72 Å². The predicted octanol–water partition coefficient (Wildman–Crippen LogP) is 1.34. The number of nitrogens with one attached hydrogen (secondary N) is 2. The van der Waals surface area contributed by atoms with E-state index in [2.05, 4.69) is 5.32 Å². The van der Waals surface area contributed by atoms with E-state index < -0.39 is 34.9 Å². The zero-order valence-corrected chi connectivity index (χ0v) is 13.2. The number of aliphatic hydroxyl groups is 1. The highest BCUT2D eigenvalue weighted by molar-refractivity contribution is 7.80. The second-order valence-electron chi connectivity index (χ2n) is 5.16. The normalized spacial score (nSPS) is 27.1. The maximum Gasteiger partial charge on any atom is 0.437 e. The molecule has 0 bridgehead atoms. The number of aromatic hydroxyl groups is 1. The largest absolute Gasteiger partial charge is 0.508 e. The van der Waals surface area contributed by atoms with Crippen molar-refractivity contribution in [2.75, 3.05) is 6.61 Å². The standard InChI is InChI=1S/C14H15F3N2O4S/c1-2-23-11(21)9-10(7-4-3-5-8(20)6-7)18-12(24)19-13(9,22)14(15,16)17/h3-6,9-10,20,22H,2H2,1H3,(H2,18,19,24)/t9-,10+,13-/m0/s1. The molecule has 0 radical (unpaired) electrons. The first-order chi connectivity index (χ1) is 11.1. The monoisotopic (exact) mass is 364 g/mol. The van der Waals surface area contributed by atoms with Gasteiger partial charge in [-0.3, -0.25) is 4.79 Å². The molecule has 24 heavy (non-hydrogen) atoms. The number of hydrogen-bond donors (Lipinski definition) is 4. The van der Waals surface area contributed by atoms with E-state index in [0.717, 1.165) is 0 Å². The van der Waals surface area contributed by atoms with Crippen LogP contribution in [0.25, 0.3) is 0 Å². The quantitative estimate of drug-likeness (QED) is 0.475. The summed E-state index contributed by atoms with van der Waals surface area (Å²) in [5.41, 5.74) is -3.47. The maximum absolute atomic E-state index is 13.5. The number of phenols is 1. The van der Waals surface area contributed by atoms with Crippen molar-refractivity contribution in [3.63, 3.8) is 0 Å². The summed E-state index contributed by atoms with van der Waals surface area (Å²) in [6, 6.07) is 3.93. The molecule has 0 unspecified atom stereocenters. The van der Waals surface area contributed by atoms with E-state index in [4.69, 9.17) is 17.0 Å². The molecule has 0 aliphatic carbocycles. The fraction of sp³-hybridized carbons (Fsp3) is 0.429. The van der Waals surface area contributed by atoms with Crippen molar-refractivity contribution in [1.82, 2.24) is 10.6 Å². The molecule has 4 N–H and O–H groups in total. The van der Waals surface area contributed by atoms with Gasteiger partial charge in [0.05, 0.1) is 12.6 Å². The van der Waals surface area contributed by atoms with Crippen molar-refractivity contribution in [2.24, 2.45) is 5.92 Å². The zero-order valence-electron chi connectivity index (χ0n) is 12.4. The lowest BCUT2D eigenvalue weighted by Gasteiger charge is -2.45. The van der Waals surface area contributed by atoms with Crippen molar-refractivity contribution in [3.8, 4) is 5.75 Å². The van der Waals surface area contributed by atoms with Gasteiger partial charge in [-0.2, -0.15) is 13.2 Å². The van der Waals surface area contributed by atoms with E-state index in [1.807, 2.05) is 0 Å². The molecule has 1 saturated heterocycles. The maximum atomic E-state index is 13.5. The molecule has 10 heteroatoms.